The van der Waals surface area contributed by atoms with E-state index in [9.17, 15) is 9.59 Å². The van der Waals surface area contributed by atoms with Gasteiger partial charge in [0.1, 0.15) is 0 Å². The van der Waals surface area contributed by atoms with Crippen molar-refractivity contribution in [3.8, 4) is 11.3 Å². The number of anilines is 1. The fourth-order valence-corrected chi connectivity index (χ4v) is 3.95. The Balaban J connectivity index is 1.49. The first-order chi connectivity index (χ1) is 15.2. The number of carbonyl (C=O) groups excluding carboxylic acids is 2. The summed E-state index contributed by atoms with van der Waals surface area (Å²) in [6.45, 7) is 0. The molecule has 5 aromatic rings. The summed E-state index contributed by atoms with van der Waals surface area (Å²) in [5.74, 6) is -0.324. The molecule has 8 heteroatoms. The van der Waals surface area contributed by atoms with Gasteiger partial charge in [0.15, 0.2) is 5.65 Å². The average Bonchev–Trinajstić information content (AvgIpc) is 3.50. The van der Waals surface area contributed by atoms with E-state index < -0.39 is 0 Å². The van der Waals surface area contributed by atoms with Crippen molar-refractivity contribution in [3.05, 3.63) is 101 Å². The van der Waals surface area contributed by atoms with Gasteiger partial charge in [-0.2, -0.15) is 5.10 Å². The maximum Gasteiger partial charge on any atom is 0.255 e. The molecular weight excluding hydrogens is 410 g/mol. The van der Waals surface area contributed by atoms with Crippen molar-refractivity contribution >= 4 is 34.4 Å². The van der Waals surface area contributed by atoms with Crippen LogP contribution in [0.4, 0.5) is 5.69 Å². The Morgan fingerprint density at radius 1 is 0.968 bits per heavy atom. The molecule has 0 atom stereocenters. The largest absolute Gasteiger partial charge is 0.322 e. The number of fused-ring (bicyclic) bond motifs is 1. The van der Waals surface area contributed by atoms with Crippen LogP contribution in [0.2, 0.25) is 0 Å². The minimum absolute atomic E-state index is 0.104. The summed E-state index contributed by atoms with van der Waals surface area (Å²) in [7, 11) is 0. The van der Waals surface area contributed by atoms with Gasteiger partial charge >= 0.3 is 0 Å². The van der Waals surface area contributed by atoms with Crippen LogP contribution in [0.1, 0.15) is 25.6 Å². The lowest BCUT2D eigenvalue weighted by molar-refractivity contribution is 0.102. The molecule has 7 nitrogen and oxygen atoms in total. The van der Waals surface area contributed by atoms with Gasteiger partial charge in [0, 0.05) is 35.4 Å². The first-order valence-corrected chi connectivity index (χ1v) is 10.3. The second-order valence-electron chi connectivity index (χ2n) is 6.70. The highest BCUT2D eigenvalue weighted by Crippen LogP contribution is 2.25. The number of hydrogen-bond donors (Lipinski definition) is 1. The Bertz CT molecular complexity index is 1390. The first-order valence-electron chi connectivity index (χ1n) is 9.43. The van der Waals surface area contributed by atoms with Crippen LogP contribution in [0.25, 0.3) is 16.9 Å². The number of nitrogens with zero attached hydrogens (tertiary/aromatic N) is 4. The molecule has 1 N–H and O–H groups in total. The molecule has 4 aromatic heterocycles. The van der Waals surface area contributed by atoms with Crippen molar-refractivity contribution in [2.75, 3.05) is 5.32 Å². The highest BCUT2D eigenvalue weighted by Gasteiger charge is 2.18. The molecule has 0 aliphatic rings. The monoisotopic (exact) mass is 425 g/mol. The number of benzene rings is 1. The molecule has 0 fully saturated rings. The van der Waals surface area contributed by atoms with Crippen LogP contribution in [-0.4, -0.2) is 31.3 Å². The van der Waals surface area contributed by atoms with Crippen molar-refractivity contribution in [3.63, 3.8) is 0 Å². The highest BCUT2D eigenvalue weighted by atomic mass is 32.1. The second kappa shape index (κ2) is 7.92. The molecule has 1 aromatic carbocycles. The molecule has 0 aliphatic carbocycles. The number of pyridine rings is 1. The topological polar surface area (TPSA) is 89.2 Å². The van der Waals surface area contributed by atoms with E-state index in [1.807, 2.05) is 41.8 Å². The molecule has 0 bridgehead atoms. The Labute approximate surface area is 181 Å². The molecule has 5 rings (SSSR count). The average molecular weight is 425 g/mol. The van der Waals surface area contributed by atoms with Crippen LogP contribution < -0.4 is 5.32 Å². The molecule has 150 valence electrons. The Morgan fingerprint density at radius 3 is 2.65 bits per heavy atom. The van der Waals surface area contributed by atoms with E-state index in [0.29, 0.717) is 27.3 Å². The quantitative estimate of drug-likeness (QED) is 0.423. The van der Waals surface area contributed by atoms with E-state index in [1.54, 1.807) is 47.5 Å². The number of carbonyl (C=O) groups is 2. The molecular formula is C23H15N5O2S. The van der Waals surface area contributed by atoms with Gasteiger partial charge in [-0.15, -0.1) is 11.3 Å². The van der Waals surface area contributed by atoms with Gasteiger partial charge in [0.25, 0.3) is 5.91 Å². The van der Waals surface area contributed by atoms with Gasteiger partial charge in [-0.25, -0.2) is 9.50 Å². The highest BCUT2D eigenvalue weighted by molar-refractivity contribution is 7.12. The van der Waals surface area contributed by atoms with Gasteiger partial charge < -0.3 is 5.32 Å². The third-order valence-corrected chi connectivity index (χ3v) is 5.62. The van der Waals surface area contributed by atoms with Crippen molar-refractivity contribution in [1.82, 2.24) is 19.6 Å². The predicted octanol–water partition coefficient (Wildman–Crippen LogP) is 4.34. The van der Waals surface area contributed by atoms with Crippen LogP contribution in [-0.2, 0) is 0 Å². The minimum atomic E-state index is -0.220. The first kappa shape index (κ1) is 18.8. The smallest absolute Gasteiger partial charge is 0.255 e. The summed E-state index contributed by atoms with van der Waals surface area (Å²) < 4.78 is 1.64. The number of rotatable bonds is 5. The molecule has 0 spiro atoms. The number of aromatic nitrogens is 4. The zero-order valence-electron chi connectivity index (χ0n) is 16.1. The summed E-state index contributed by atoms with van der Waals surface area (Å²) in [5, 5.41) is 9.17. The third-order valence-electron chi connectivity index (χ3n) is 4.75. The van der Waals surface area contributed by atoms with E-state index in [2.05, 4.69) is 20.4 Å². The fraction of sp³-hybridized carbons (Fsp3) is 0. The fourth-order valence-electron chi connectivity index (χ4n) is 3.27. The van der Waals surface area contributed by atoms with Crippen molar-refractivity contribution in [2.24, 2.45) is 0 Å². The van der Waals surface area contributed by atoms with Crippen molar-refractivity contribution in [2.45, 2.75) is 0 Å². The van der Waals surface area contributed by atoms with Gasteiger partial charge in [0.2, 0.25) is 5.78 Å². The standard InChI is InChI=1S/C23H15N5O2S/c29-21(20-5-2-12-31-20)18-14-26-28-19(8-11-25-22(18)28)16-3-1-4-17(13-16)27-23(30)15-6-9-24-10-7-15/h1-14H,(H,27,30). The molecule has 0 saturated carbocycles. The van der Waals surface area contributed by atoms with E-state index in [-0.39, 0.29) is 11.7 Å². The van der Waals surface area contributed by atoms with Crippen LogP contribution in [0, 0.1) is 0 Å². The minimum Gasteiger partial charge on any atom is -0.322 e. The van der Waals surface area contributed by atoms with Crippen molar-refractivity contribution in [1.29, 1.82) is 0 Å². The normalized spacial score (nSPS) is 10.8. The molecule has 1 amide bonds. The maximum absolute atomic E-state index is 12.8. The molecule has 0 aliphatic heterocycles. The van der Waals surface area contributed by atoms with E-state index in [1.165, 1.54) is 11.3 Å². The van der Waals surface area contributed by atoms with Gasteiger partial charge in [-0.05, 0) is 41.8 Å². The van der Waals surface area contributed by atoms with Gasteiger partial charge in [-0.1, -0.05) is 18.2 Å². The molecule has 0 saturated heterocycles. The number of nitrogens with one attached hydrogen (secondary N) is 1. The van der Waals surface area contributed by atoms with Gasteiger partial charge in [0.05, 0.1) is 22.3 Å². The number of amides is 1. The predicted molar refractivity (Wildman–Crippen MR) is 118 cm³/mol. The molecule has 0 radical (unpaired) electrons. The van der Waals surface area contributed by atoms with E-state index in [4.69, 9.17) is 0 Å². The van der Waals surface area contributed by atoms with Gasteiger partial charge in [-0.3, -0.25) is 14.6 Å². The van der Waals surface area contributed by atoms with Crippen LogP contribution in [0.3, 0.4) is 0 Å². The summed E-state index contributed by atoms with van der Waals surface area (Å²) in [6.07, 6.45) is 6.35. The Hall–Kier alpha value is -4.17. The molecule has 4 heterocycles. The number of hydrogen-bond acceptors (Lipinski definition) is 6. The van der Waals surface area contributed by atoms with Crippen LogP contribution in [0.15, 0.2) is 84.8 Å². The SMILES string of the molecule is O=C(Nc1cccc(-c2ccnc3c(C(=O)c4cccs4)cnn23)c1)c1ccncc1. The van der Waals surface area contributed by atoms with E-state index >= 15 is 0 Å². The lowest BCUT2D eigenvalue weighted by atomic mass is 10.1. The Kier molecular flexibility index (Phi) is 4.81. The van der Waals surface area contributed by atoms with Crippen LogP contribution >= 0.6 is 11.3 Å². The molecule has 31 heavy (non-hydrogen) atoms. The van der Waals surface area contributed by atoms with Crippen molar-refractivity contribution < 1.29 is 9.59 Å². The maximum atomic E-state index is 12.8. The molecule has 0 unspecified atom stereocenters. The summed E-state index contributed by atoms with van der Waals surface area (Å²) >= 11 is 1.39. The lowest BCUT2D eigenvalue weighted by Gasteiger charge is -2.09. The van der Waals surface area contributed by atoms with E-state index in [0.717, 1.165) is 11.3 Å². The zero-order valence-corrected chi connectivity index (χ0v) is 16.9. The third kappa shape index (κ3) is 3.60. The number of thiophene rings is 1. The number of ketones is 1. The summed E-state index contributed by atoms with van der Waals surface area (Å²) in [5.41, 5.74) is 3.70. The lowest BCUT2D eigenvalue weighted by Crippen LogP contribution is -2.11. The second-order valence-corrected chi connectivity index (χ2v) is 7.65. The van der Waals surface area contributed by atoms with Crippen LogP contribution in [0.5, 0.6) is 0 Å². The summed E-state index contributed by atoms with van der Waals surface area (Å²) in [6, 6.07) is 16.2. The zero-order chi connectivity index (χ0) is 21.2. The summed E-state index contributed by atoms with van der Waals surface area (Å²) in [4.78, 5) is 34.2. The Morgan fingerprint density at radius 2 is 1.84 bits per heavy atom.